The second-order valence-electron chi connectivity index (χ2n) is 3.61. The summed E-state index contributed by atoms with van der Waals surface area (Å²) in [6.45, 7) is 2.65. The van der Waals surface area contributed by atoms with Gasteiger partial charge < -0.3 is 5.73 Å². The molecule has 0 unspecified atom stereocenters. The highest BCUT2D eigenvalue weighted by atomic mass is 32.2. The molecule has 1 rings (SSSR count). The van der Waals surface area contributed by atoms with Gasteiger partial charge in [0, 0.05) is 11.3 Å². The predicted octanol–water partition coefficient (Wildman–Crippen LogP) is 3.03. The summed E-state index contributed by atoms with van der Waals surface area (Å²) in [5.41, 5.74) is 7.77. The van der Waals surface area contributed by atoms with E-state index in [0.717, 1.165) is 11.3 Å². The molecule has 0 amide bonds. The molecule has 2 N–H and O–H groups in total. The summed E-state index contributed by atoms with van der Waals surface area (Å²) >= 11 is 1.99. The Morgan fingerprint density at radius 3 is 3.00 bits per heavy atom. The molecule has 16 heavy (non-hydrogen) atoms. The van der Waals surface area contributed by atoms with E-state index in [1.165, 1.54) is 24.2 Å². The quantitative estimate of drug-likeness (QED) is 0.625. The number of thioether (sulfide) groups is 1. The minimum atomic E-state index is 0.426. The van der Waals surface area contributed by atoms with Gasteiger partial charge in [-0.25, -0.2) is 0 Å². The molecule has 2 heteroatoms. The number of rotatable bonds is 5. The summed E-state index contributed by atoms with van der Waals surface area (Å²) in [6.07, 6.45) is 2.58. The minimum absolute atomic E-state index is 0.426. The fraction of sp³-hybridized carbons (Fsp3) is 0.429. The first-order valence-corrected chi connectivity index (χ1v) is 6.88. The lowest BCUT2D eigenvalue weighted by molar-refractivity contribution is 0.896. The van der Waals surface area contributed by atoms with E-state index in [4.69, 9.17) is 5.73 Å². The average Bonchev–Trinajstić information content (AvgIpc) is 2.33. The maximum Gasteiger partial charge on any atom is 0.0555 e. The van der Waals surface area contributed by atoms with Crippen LogP contribution in [0.1, 0.15) is 30.9 Å². The summed E-state index contributed by atoms with van der Waals surface area (Å²) in [6, 6.07) is 8.41. The van der Waals surface area contributed by atoms with E-state index in [1.807, 2.05) is 17.8 Å². The molecule has 0 aliphatic carbocycles. The highest BCUT2D eigenvalue weighted by molar-refractivity contribution is 7.98. The number of hydrogen-bond donors (Lipinski definition) is 1. The molecule has 0 saturated heterocycles. The SMILES string of the molecule is CCCCSCc1cccc(C#CCN)c1. The van der Waals surface area contributed by atoms with E-state index in [-0.39, 0.29) is 0 Å². The molecule has 86 valence electrons. The summed E-state index contributed by atoms with van der Waals surface area (Å²) in [5.74, 6) is 8.27. The van der Waals surface area contributed by atoms with Gasteiger partial charge in [0.25, 0.3) is 0 Å². The monoisotopic (exact) mass is 233 g/mol. The van der Waals surface area contributed by atoms with Gasteiger partial charge in [-0.1, -0.05) is 37.3 Å². The summed E-state index contributed by atoms with van der Waals surface area (Å²) < 4.78 is 0. The van der Waals surface area contributed by atoms with Crippen LogP contribution in [0.25, 0.3) is 0 Å². The highest BCUT2D eigenvalue weighted by Crippen LogP contribution is 2.14. The smallest absolute Gasteiger partial charge is 0.0555 e. The normalized spacial score (nSPS) is 9.62. The summed E-state index contributed by atoms with van der Waals surface area (Å²) in [5, 5.41) is 0. The van der Waals surface area contributed by atoms with Crippen molar-refractivity contribution in [1.29, 1.82) is 0 Å². The van der Waals surface area contributed by atoms with Crippen molar-refractivity contribution < 1.29 is 0 Å². The number of unbranched alkanes of at least 4 members (excludes halogenated alkanes) is 1. The van der Waals surface area contributed by atoms with Gasteiger partial charge in [-0.2, -0.15) is 11.8 Å². The van der Waals surface area contributed by atoms with Gasteiger partial charge in [-0.3, -0.25) is 0 Å². The second-order valence-corrected chi connectivity index (χ2v) is 4.72. The number of benzene rings is 1. The standard InChI is InChI=1S/C14H19NS/c1-2-3-10-16-12-14-7-4-6-13(11-14)8-5-9-15/h4,6-7,11H,2-3,9-10,12,15H2,1H3. The van der Waals surface area contributed by atoms with Crippen LogP contribution < -0.4 is 5.73 Å². The van der Waals surface area contributed by atoms with Crippen LogP contribution in [0.2, 0.25) is 0 Å². The molecule has 1 aromatic carbocycles. The van der Waals surface area contributed by atoms with E-state index < -0.39 is 0 Å². The van der Waals surface area contributed by atoms with Crippen molar-refractivity contribution in [2.75, 3.05) is 12.3 Å². The van der Waals surface area contributed by atoms with Crippen LogP contribution in [0.5, 0.6) is 0 Å². The topological polar surface area (TPSA) is 26.0 Å². The molecule has 0 aliphatic heterocycles. The van der Waals surface area contributed by atoms with Crippen LogP contribution in [0.3, 0.4) is 0 Å². The molecule has 0 fully saturated rings. The second kappa shape index (κ2) is 8.27. The number of nitrogens with two attached hydrogens (primary N) is 1. The summed E-state index contributed by atoms with van der Waals surface area (Å²) in [7, 11) is 0. The molecule has 0 radical (unpaired) electrons. The van der Waals surface area contributed by atoms with Crippen molar-refractivity contribution in [1.82, 2.24) is 0 Å². The Hall–Kier alpha value is -0.910. The highest BCUT2D eigenvalue weighted by Gasteiger charge is 1.94. The van der Waals surface area contributed by atoms with E-state index in [1.54, 1.807) is 0 Å². The maximum atomic E-state index is 5.35. The van der Waals surface area contributed by atoms with Crippen LogP contribution in [0.4, 0.5) is 0 Å². The molecule has 0 spiro atoms. The molecule has 0 aromatic heterocycles. The molecule has 0 saturated carbocycles. The molecule has 0 atom stereocenters. The predicted molar refractivity (Wildman–Crippen MR) is 73.4 cm³/mol. The Kier molecular flexibility index (Phi) is 6.80. The third-order valence-electron chi connectivity index (χ3n) is 2.17. The fourth-order valence-corrected chi connectivity index (χ4v) is 2.38. The zero-order valence-electron chi connectivity index (χ0n) is 9.83. The van der Waals surface area contributed by atoms with Gasteiger partial charge in [0.15, 0.2) is 0 Å². The Morgan fingerprint density at radius 1 is 1.38 bits per heavy atom. The van der Waals surface area contributed by atoms with Crippen molar-refractivity contribution in [3.8, 4) is 11.8 Å². The van der Waals surface area contributed by atoms with Crippen LogP contribution in [-0.2, 0) is 5.75 Å². The fourth-order valence-electron chi connectivity index (χ4n) is 1.33. The van der Waals surface area contributed by atoms with Crippen LogP contribution in [-0.4, -0.2) is 12.3 Å². The van der Waals surface area contributed by atoms with E-state index >= 15 is 0 Å². The van der Waals surface area contributed by atoms with Crippen LogP contribution in [0.15, 0.2) is 24.3 Å². The Bertz CT molecular complexity index is 362. The van der Waals surface area contributed by atoms with Crippen molar-refractivity contribution in [3.63, 3.8) is 0 Å². The third-order valence-corrected chi connectivity index (χ3v) is 3.29. The van der Waals surface area contributed by atoms with Crippen molar-refractivity contribution in [2.45, 2.75) is 25.5 Å². The van der Waals surface area contributed by atoms with Crippen molar-refractivity contribution in [2.24, 2.45) is 5.73 Å². The number of hydrogen-bond acceptors (Lipinski definition) is 2. The molecule has 1 nitrogen and oxygen atoms in total. The molecule has 0 heterocycles. The van der Waals surface area contributed by atoms with Gasteiger partial charge in [-0.15, -0.1) is 0 Å². The first-order valence-electron chi connectivity index (χ1n) is 5.72. The first kappa shape index (κ1) is 13.2. The maximum absolute atomic E-state index is 5.35. The molecular weight excluding hydrogens is 214 g/mol. The zero-order chi connectivity index (χ0) is 11.6. The summed E-state index contributed by atoms with van der Waals surface area (Å²) in [4.78, 5) is 0. The zero-order valence-corrected chi connectivity index (χ0v) is 10.6. The lowest BCUT2D eigenvalue weighted by Crippen LogP contribution is -1.93. The Balaban J connectivity index is 2.47. The van der Waals surface area contributed by atoms with E-state index in [9.17, 15) is 0 Å². The third kappa shape index (κ3) is 5.25. The van der Waals surface area contributed by atoms with Crippen molar-refractivity contribution >= 4 is 11.8 Å². The average molecular weight is 233 g/mol. The van der Waals surface area contributed by atoms with Crippen molar-refractivity contribution in [3.05, 3.63) is 35.4 Å². The Morgan fingerprint density at radius 2 is 2.25 bits per heavy atom. The van der Waals surface area contributed by atoms with Gasteiger partial charge in [0.05, 0.1) is 6.54 Å². The molecular formula is C14H19NS. The van der Waals surface area contributed by atoms with E-state index in [0.29, 0.717) is 6.54 Å². The Labute approximate surface area is 103 Å². The van der Waals surface area contributed by atoms with Gasteiger partial charge in [0.1, 0.15) is 0 Å². The van der Waals surface area contributed by atoms with Gasteiger partial charge in [-0.05, 0) is 29.9 Å². The largest absolute Gasteiger partial charge is 0.320 e. The molecule has 1 aromatic rings. The van der Waals surface area contributed by atoms with Gasteiger partial charge >= 0.3 is 0 Å². The van der Waals surface area contributed by atoms with E-state index in [2.05, 4.69) is 37.0 Å². The lowest BCUT2D eigenvalue weighted by atomic mass is 10.1. The van der Waals surface area contributed by atoms with Crippen LogP contribution >= 0.6 is 11.8 Å². The first-order chi connectivity index (χ1) is 7.86. The molecule has 0 bridgehead atoms. The lowest BCUT2D eigenvalue weighted by Gasteiger charge is -2.01. The van der Waals surface area contributed by atoms with Crippen LogP contribution in [0, 0.1) is 11.8 Å². The van der Waals surface area contributed by atoms with Gasteiger partial charge in [0.2, 0.25) is 0 Å². The minimum Gasteiger partial charge on any atom is -0.320 e. The molecule has 0 aliphatic rings.